The molecule has 136 valence electrons. The number of ether oxygens (including phenoxy) is 1. The van der Waals surface area contributed by atoms with E-state index < -0.39 is 14.7 Å². The van der Waals surface area contributed by atoms with Crippen LogP contribution in [0.3, 0.4) is 0 Å². The van der Waals surface area contributed by atoms with Crippen LogP contribution in [0.1, 0.15) is 0 Å². The van der Waals surface area contributed by atoms with E-state index in [1.54, 1.807) is 24.3 Å². The Kier molecular flexibility index (Phi) is 7.61. The molecule has 0 spiro atoms. The van der Waals surface area contributed by atoms with Gasteiger partial charge in [0.25, 0.3) is 0 Å². The van der Waals surface area contributed by atoms with Crippen molar-refractivity contribution < 1.29 is 22.9 Å². The van der Waals surface area contributed by atoms with Crippen molar-refractivity contribution in [1.82, 2.24) is 0 Å². The molecule has 0 aliphatic rings. The molecule has 2 aromatic carbocycles. The Balaban J connectivity index is 1.86. The van der Waals surface area contributed by atoms with Gasteiger partial charge < -0.3 is 13.8 Å². The zero-order chi connectivity index (χ0) is 18.2. The third-order valence-electron chi connectivity index (χ3n) is 3.95. The van der Waals surface area contributed by atoms with Crippen LogP contribution in [0.5, 0.6) is 0 Å². The van der Waals surface area contributed by atoms with Gasteiger partial charge >= 0.3 is 0 Å². The van der Waals surface area contributed by atoms with Gasteiger partial charge in [0.1, 0.15) is 0 Å². The summed E-state index contributed by atoms with van der Waals surface area (Å²) in [5.41, 5.74) is 0. The lowest BCUT2D eigenvalue weighted by Crippen LogP contribution is -2.16. The first kappa shape index (κ1) is 20.1. The van der Waals surface area contributed by atoms with Crippen LogP contribution in [0.15, 0.2) is 60.7 Å². The molecule has 0 amide bonds. The Bertz CT molecular complexity index is 670. The fraction of sp³-hybridized carbons (Fsp3) is 0.333. The zero-order valence-electron chi connectivity index (χ0n) is 14.5. The second-order valence-corrected chi connectivity index (χ2v) is 10.8. The molecule has 25 heavy (non-hydrogen) atoms. The van der Waals surface area contributed by atoms with Crippen molar-refractivity contribution in [3.05, 3.63) is 60.7 Å². The molecule has 0 radical (unpaired) electrons. The minimum absolute atomic E-state index is 0.262. The highest BCUT2D eigenvalue weighted by Crippen LogP contribution is 2.45. The van der Waals surface area contributed by atoms with Gasteiger partial charge in [-0.15, -0.1) is 0 Å². The molecule has 0 bridgehead atoms. The minimum Gasteiger partial charge on any atom is -0.380 e. The normalized spacial score (nSPS) is 16.1. The molecule has 2 aromatic rings. The molecular formula is C18H24O5P2. The molecule has 0 fully saturated rings. The van der Waals surface area contributed by atoms with Gasteiger partial charge in [0, 0.05) is 24.8 Å². The number of rotatable bonds is 10. The van der Waals surface area contributed by atoms with E-state index in [0.29, 0.717) is 10.6 Å². The highest BCUT2D eigenvalue weighted by atomic mass is 31.2. The average Bonchev–Trinajstić information content (AvgIpc) is 2.68. The Morgan fingerprint density at radius 2 is 1.04 bits per heavy atom. The zero-order valence-corrected chi connectivity index (χ0v) is 16.3. The van der Waals surface area contributed by atoms with Gasteiger partial charge in [0.2, 0.25) is 14.7 Å². The maximum absolute atomic E-state index is 12.8. The van der Waals surface area contributed by atoms with Crippen LogP contribution in [0.4, 0.5) is 0 Å². The summed E-state index contributed by atoms with van der Waals surface area (Å²) in [5.74, 6) is 0. The van der Waals surface area contributed by atoms with Gasteiger partial charge in [-0.05, 0) is 24.3 Å². The standard InChI is InChI=1S/C18H24O5P2/c1-21-24(19,17-9-5-3-6-10-17)15-13-23-14-16-25(20,22-2)18-11-7-4-8-12-18/h3-12H,13-16H2,1-2H3. The molecular weight excluding hydrogens is 358 g/mol. The summed E-state index contributed by atoms with van der Waals surface area (Å²) >= 11 is 0. The summed E-state index contributed by atoms with van der Waals surface area (Å²) in [6.07, 6.45) is 0.548. The summed E-state index contributed by atoms with van der Waals surface area (Å²) in [4.78, 5) is 0. The van der Waals surface area contributed by atoms with Crippen LogP contribution in [-0.4, -0.2) is 39.8 Å². The van der Waals surface area contributed by atoms with E-state index in [4.69, 9.17) is 13.8 Å². The largest absolute Gasteiger partial charge is 0.380 e. The van der Waals surface area contributed by atoms with Crippen LogP contribution >= 0.6 is 14.7 Å². The Hall–Kier alpha value is -1.22. The van der Waals surface area contributed by atoms with Crippen molar-refractivity contribution in [3.8, 4) is 0 Å². The average molecular weight is 382 g/mol. The van der Waals surface area contributed by atoms with Crippen LogP contribution in [0.25, 0.3) is 0 Å². The van der Waals surface area contributed by atoms with Gasteiger partial charge in [0.05, 0.1) is 25.5 Å². The number of hydrogen-bond acceptors (Lipinski definition) is 5. The Morgan fingerprint density at radius 3 is 1.36 bits per heavy atom. The van der Waals surface area contributed by atoms with E-state index in [0.717, 1.165) is 0 Å². The van der Waals surface area contributed by atoms with Crippen LogP contribution in [-0.2, 0) is 22.9 Å². The molecule has 7 heteroatoms. The minimum atomic E-state index is -2.92. The van der Waals surface area contributed by atoms with E-state index >= 15 is 0 Å². The molecule has 2 unspecified atom stereocenters. The fourth-order valence-electron chi connectivity index (χ4n) is 2.43. The fourth-order valence-corrected chi connectivity index (χ4v) is 5.73. The highest BCUT2D eigenvalue weighted by molar-refractivity contribution is 7.67. The maximum atomic E-state index is 12.8. The molecule has 0 saturated carbocycles. The van der Waals surface area contributed by atoms with Crippen molar-refractivity contribution in [3.63, 3.8) is 0 Å². The molecule has 0 heterocycles. The van der Waals surface area contributed by atoms with Gasteiger partial charge in [-0.25, -0.2) is 0 Å². The lowest BCUT2D eigenvalue weighted by atomic mass is 10.4. The number of benzene rings is 2. The summed E-state index contributed by atoms with van der Waals surface area (Å²) < 4.78 is 41.8. The monoisotopic (exact) mass is 382 g/mol. The molecule has 0 aliphatic carbocycles. The maximum Gasteiger partial charge on any atom is 0.234 e. The summed E-state index contributed by atoms with van der Waals surface area (Å²) in [5, 5.41) is 1.35. The van der Waals surface area contributed by atoms with E-state index in [2.05, 4.69) is 0 Å². The third-order valence-corrected chi connectivity index (χ3v) is 8.84. The van der Waals surface area contributed by atoms with Crippen LogP contribution in [0, 0.1) is 0 Å². The predicted octanol–water partition coefficient (Wildman–Crippen LogP) is 3.50. The van der Waals surface area contributed by atoms with Gasteiger partial charge in [0.15, 0.2) is 0 Å². The van der Waals surface area contributed by atoms with Crippen molar-refractivity contribution >= 4 is 25.3 Å². The second-order valence-electron chi connectivity index (χ2n) is 5.44. The Labute approximate surface area is 149 Å². The molecule has 2 rings (SSSR count). The predicted molar refractivity (Wildman–Crippen MR) is 102 cm³/mol. The van der Waals surface area contributed by atoms with Gasteiger partial charge in [-0.1, -0.05) is 36.4 Å². The summed E-state index contributed by atoms with van der Waals surface area (Å²) in [7, 11) is -2.95. The van der Waals surface area contributed by atoms with Crippen molar-refractivity contribution in [2.75, 3.05) is 39.8 Å². The van der Waals surface area contributed by atoms with Crippen LogP contribution < -0.4 is 10.6 Å². The van der Waals surface area contributed by atoms with E-state index in [9.17, 15) is 9.13 Å². The third kappa shape index (κ3) is 5.37. The van der Waals surface area contributed by atoms with Gasteiger partial charge in [-0.2, -0.15) is 0 Å². The first-order chi connectivity index (χ1) is 12.0. The van der Waals surface area contributed by atoms with E-state index in [1.165, 1.54) is 14.2 Å². The Morgan fingerprint density at radius 1 is 0.680 bits per heavy atom. The molecule has 2 atom stereocenters. The molecule has 0 aliphatic heterocycles. The molecule has 5 nitrogen and oxygen atoms in total. The van der Waals surface area contributed by atoms with Crippen LogP contribution in [0.2, 0.25) is 0 Å². The van der Waals surface area contributed by atoms with Crippen molar-refractivity contribution in [2.45, 2.75) is 0 Å². The first-order valence-electron chi connectivity index (χ1n) is 8.03. The second kappa shape index (κ2) is 9.47. The highest BCUT2D eigenvalue weighted by Gasteiger charge is 2.26. The van der Waals surface area contributed by atoms with Crippen molar-refractivity contribution in [1.29, 1.82) is 0 Å². The molecule has 0 saturated heterocycles. The summed E-state index contributed by atoms with van der Waals surface area (Å²) in [6, 6.07) is 18.2. The first-order valence-corrected chi connectivity index (χ1v) is 11.6. The lowest BCUT2D eigenvalue weighted by molar-refractivity contribution is 0.161. The van der Waals surface area contributed by atoms with Gasteiger partial charge in [-0.3, -0.25) is 9.13 Å². The van der Waals surface area contributed by atoms with E-state index in [1.807, 2.05) is 36.4 Å². The molecule has 0 N–H and O–H groups in total. The topological polar surface area (TPSA) is 61.8 Å². The van der Waals surface area contributed by atoms with Crippen molar-refractivity contribution in [2.24, 2.45) is 0 Å². The summed E-state index contributed by atoms with van der Waals surface area (Å²) in [6.45, 7) is 0.525. The van der Waals surface area contributed by atoms with E-state index in [-0.39, 0.29) is 25.5 Å². The smallest absolute Gasteiger partial charge is 0.234 e. The number of hydrogen-bond donors (Lipinski definition) is 0. The quantitative estimate of drug-likeness (QED) is 0.465. The SMILES string of the molecule is COP(=O)(CCOCCP(=O)(OC)c1ccccc1)c1ccccc1. The lowest BCUT2D eigenvalue weighted by Gasteiger charge is -2.18. The molecule has 0 aromatic heterocycles.